The number of carboxylic acids is 1. The molecule has 0 heterocycles. The Hall–Kier alpha value is -0.176. The first-order valence-electron chi connectivity index (χ1n) is 10.8. The Bertz CT molecular complexity index is 504. The monoisotopic (exact) mass is 432 g/mol. The number of carbonyl (C=O) groups is 1. The van der Waals surface area contributed by atoms with E-state index in [1.54, 1.807) is 6.92 Å². The predicted molar refractivity (Wildman–Crippen MR) is 125 cm³/mol. The molecular formula is C22H48O4Si2. The Morgan fingerprint density at radius 1 is 0.893 bits per heavy atom. The van der Waals surface area contributed by atoms with E-state index in [1.807, 2.05) is 0 Å². The Kier molecular flexibility index (Phi) is 9.69. The topological polar surface area (TPSA) is 55.8 Å². The van der Waals surface area contributed by atoms with Crippen molar-refractivity contribution >= 4 is 22.6 Å². The average Bonchev–Trinajstić information content (AvgIpc) is 2.47. The SMILES string of the molecule is C[C@@H](CO[Si](C)(C)C(C)(C)C)C[C@H](C)[C@H](O[Si](C)(C)C(C)(C)C)[C@@H](C)C(=O)O. The summed E-state index contributed by atoms with van der Waals surface area (Å²) in [6.07, 6.45) is 0.639. The first-order valence-corrected chi connectivity index (χ1v) is 16.6. The van der Waals surface area contributed by atoms with Crippen LogP contribution in [0.2, 0.25) is 36.3 Å². The van der Waals surface area contributed by atoms with Crippen molar-refractivity contribution in [3.05, 3.63) is 0 Å². The van der Waals surface area contributed by atoms with Gasteiger partial charge in [-0.1, -0.05) is 55.4 Å². The summed E-state index contributed by atoms with van der Waals surface area (Å²) < 4.78 is 13.0. The highest BCUT2D eigenvalue weighted by molar-refractivity contribution is 6.74. The molecule has 0 radical (unpaired) electrons. The fourth-order valence-corrected chi connectivity index (χ4v) is 5.38. The lowest BCUT2D eigenvalue weighted by Gasteiger charge is -2.42. The summed E-state index contributed by atoms with van der Waals surface area (Å²) in [5.74, 6) is -0.757. The molecule has 0 rings (SSSR count). The molecule has 168 valence electrons. The molecule has 1 N–H and O–H groups in total. The highest BCUT2D eigenvalue weighted by atomic mass is 28.4. The van der Waals surface area contributed by atoms with Crippen LogP contribution in [0.4, 0.5) is 0 Å². The fourth-order valence-electron chi connectivity index (χ4n) is 2.77. The Labute approximate surface area is 177 Å². The van der Waals surface area contributed by atoms with Gasteiger partial charge >= 0.3 is 5.97 Å². The molecule has 28 heavy (non-hydrogen) atoms. The van der Waals surface area contributed by atoms with Crippen molar-refractivity contribution in [1.82, 2.24) is 0 Å². The van der Waals surface area contributed by atoms with Crippen molar-refractivity contribution in [1.29, 1.82) is 0 Å². The molecule has 6 heteroatoms. The van der Waals surface area contributed by atoms with Crippen molar-refractivity contribution < 1.29 is 18.8 Å². The summed E-state index contributed by atoms with van der Waals surface area (Å²) in [4.78, 5) is 11.8. The predicted octanol–water partition coefficient (Wildman–Crippen LogP) is 6.78. The summed E-state index contributed by atoms with van der Waals surface area (Å²) in [6, 6.07) is 0. The number of hydrogen-bond donors (Lipinski definition) is 1. The molecule has 0 fully saturated rings. The van der Waals surface area contributed by atoms with Gasteiger partial charge in [-0.2, -0.15) is 0 Å². The Balaban J connectivity index is 5.21. The van der Waals surface area contributed by atoms with Gasteiger partial charge in [0.25, 0.3) is 0 Å². The van der Waals surface area contributed by atoms with Crippen LogP contribution >= 0.6 is 0 Å². The van der Waals surface area contributed by atoms with Gasteiger partial charge in [-0.15, -0.1) is 0 Å². The molecule has 0 saturated carbocycles. The molecule has 0 amide bonds. The Morgan fingerprint density at radius 2 is 1.32 bits per heavy atom. The normalized spacial score (nSPS) is 18.5. The van der Waals surface area contributed by atoms with Crippen LogP contribution in [-0.2, 0) is 13.6 Å². The van der Waals surface area contributed by atoms with Gasteiger partial charge in [-0.25, -0.2) is 0 Å². The second kappa shape index (κ2) is 9.75. The maximum absolute atomic E-state index is 11.8. The smallest absolute Gasteiger partial charge is 0.308 e. The van der Waals surface area contributed by atoms with E-state index in [0.717, 1.165) is 13.0 Å². The maximum atomic E-state index is 11.8. The zero-order valence-corrected chi connectivity index (χ0v) is 22.9. The lowest BCUT2D eigenvalue weighted by molar-refractivity contribution is -0.145. The van der Waals surface area contributed by atoms with E-state index in [-0.39, 0.29) is 22.1 Å². The lowest BCUT2D eigenvalue weighted by atomic mass is 9.87. The lowest BCUT2D eigenvalue weighted by Crippen LogP contribution is -2.49. The second-order valence-corrected chi connectivity index (χ2v) is 21.4. The van der Waals surface area contributed by atoms with Crippen molar-refractivity contribution in [2.45, 2.75) is 111 Å². The standard InChI is InChI=1S/C22H48O4Si2/c1-16(15-25-27(10,11)21(4,5)6)14-17(2)19(18(3)20(23)24)26-28(12,13)22(7,8)9/h16-19H,14-15H2,1-13H3,(H,23,24)/t16-,17+,18-,19+/m1/s1. The zero-order chi connectivity index (χ0) is 22.7. The minimum absolute atomic E-state index is 0.0558. The third-order valence-corrected chi connectivity index (χ3v) is 16.0. The van der Waals surface area contributed by atoms with Crippen LogP contribution < -0.4 is 0 Å². The van der Waals surface area contributed by atoms with E-state index < -0.39 is 28.5 Å². The van der Waals surface area contributed by atoms with Crippen LogP contribution in [0.5, 0.6) is 0 Å². The largest absolute Gasteiger partial charge is 0.481 e. The first-order chi connectivity index (χ1) is 12.2. The average molecular weight is 433 g/mol. The molecular weight excluding hydrogens is 384 g/mol. The van der Waals surface area contributed by atoms with E-state index in [4.69, 9.17) is 8.85 Å². The summed E-state index contributed by atoms with van der Waals surface area (Å²) in [5, 5.41) is 9.91. The minimum atomic E-state index is -2.05. The van der Waals surface area contributed by atoms with Crippen molar-refractivity contribution in [3.8, 4) is 0 Å². The minimum Gasteiger partial charge on any atom is -0.481 e. The summed E-state index contributed by atoms with van der Waals surface area (Å²) in [7, 11) is -3.82. The van der Waals surface area contributed by atoms with Crippen LogP contribution in [-0.4, -0.2) is 40.4 Å². The third-order valence-electron chi connectivity index (χ3n) is 6.99. The third kappa shape index (κ3) is 7.92. The molecule has 0 saturated heterocycles. The molecule has 0 spiro atoms. The molecule has 0 aliphatic carbocycles. The summed E-state index contributed by atoms with van der Waals surface area (Å²) >= 11 is 0. The van der Waals surface area contributed by atoms with Crippen molar-refractivity contribution in [2.24, 2.45) is 17.8 Å². The van der Waals surface area contributed by atoms with Crippen LogP contribution in [0.1, 0.15) is 68.7 Å². The van der Waals surface area contributed by atoms with E-state index in [0.29, 0.717) is 5.92 Å². The summed E-state index contributed by atoms with van der Waals surface area (Å²) in [6.45, 7) is 29.2. The highest BCUT2D eigenvalue weighted by Gasteiger charge is 2.43. The number of carboxylic acid groups (broad SMARTS) is 1. The van der Waals surface area contributed by atoms with Crippen LogP contribution in [0.3, 0.4) is 0 Å². The summed E-state index contributed by atoms with van der Waals surface area (Å²) in [5.41, 5.74) is 0. The fraction of sp³-hybridized carbons (Fsp3) is 0.955. The van der Waals surface area contributed by atoms with E-state index in [9.17, 15) is 9.90 Å². The van der Waals surface area contributed by atoms with E-state index in [2.05, 4.69) is 81.6 Å². The highest BCUT2D eigenvalue weighted by Crippen LogP contribution is 2.40. The number of rotatable bonds is 10. The van der Waals surface area contributed by atoms with Gasteiger partial charge in [0.2, 0.25) is 0 Å². The van der Waals surface area contributed by atoms with Gasteiger partial charge in [0.05, 0.1) is 12.0 Å². The van der Waals surface area contributed by atoms with Gasteiger partial charge in [0.1, 0.15) is 0 Å². The van der Waals surface area contributed by atoms with Gasteiger partial charge in [0.15, 0.2) is 16.6 Å². The maximum Gasteiger partial charge on any atom is 0.308 e. The number of hydrogen-bond acceptors (Lipinski definition) is 3. The number of aliphatic carboxylic acids is 1. The van der Waals surface area contributed by atoms with Gasteiger partial charge in [-0.05, 0) is 61.4 Å². The molecule has 0 unspecified atom stereocenters. The van der Waals surface area contributed by atoms with Crippen molar-refractivity contribution in [3.63, 3.8) is 0 Å². The van der Waals surface area contributed by atoms with Crippen LogP contribution in [0, 0.1) is 17.8 Å². The Morgan fingerprint density at radius 3 is 1.68 bits per heavy atom. The van der Waals surface area contributed by atoms with Gasteiger partial charge in [-0.3, -0.25) is 4.79 Å². The molecule has 0 aliphatic heterocycles. The van der Waals surface area contributed by atoms with Gasteiger partial charge < -0.3 is 14.0 Å². The van der Waals surface area contributed by atoms with Gasteiger partial charge in [0, 0.05) is 6.61 Å². The molecule has 0 aromatic carbocycles. The second-order valence-electron chi connectivity index (χ2n) is 11.9. The van der Waals surface area contributed by atoms with E-state index >= 15 is 0 Å². The molecule has 0 aliphatic rings. The molecule has 0 bridgehead atoms. The molecule has 4 nitrogen and oxygen atoms in total. The van der Waals surface area contributed by atoms with Crippen LogP contribution in [0.25, 0.3) is 0 Å². The molecule has 4 atom stereocenters. The quantitative estimate of drug-likeness (QED) is 0.386. The van der Waals surface area contributed by atoms with Crippen molar-refractivity contribution in [2.75, 3.05) is 6.61 Å². The van der Waals surface area contributed by atoms with Crippen LogP contribution in [0.15, 0.2) is 0 Å². The molecule has 0 aromatic heterocycles. The zero-order valence-electron chi connectivity index (χ0n) is 20.9. The first kappa shape index (κ1) is 27.8. The van der Waals surface area contributed by atoms with E-state index in [1.165, 1.54) is 0 Å². The molecule has 0 aromatic rings.